The van der Waals surface area contributed by atoms with Gasteiger partial charge >= 0.3 is 0 Å². The summed E-state index contributed by atoms with van der Waals surface area (Å²) < 4.78 is 0. The van der Waals surface area contributed by atoms with Crippen LogP contribution in [-0.4, -0.2) is 52.2 Å². The van der Waals surface area contributed by atoms with Crippen LogP contribution in [0.1, 0.15) is 6.42 Å². The van der Waals surface area contributed by atoms with Crippen LogP contribution in [0.15, 0.2) is 0 Å². The van der Waals surface area contributed by atoms with E-state index >= 15 is 0 Å². The second-order valence-electron chi connectivity index (χ2n) is 3.40. The molecule has 3 N–H and O–H groups in total. The Kier molecular flexibility index (Phi) is 9.56. The minimum Gasteiger partial charge on any atom is -0.343 e. The first-order chi connectivity index (χ1) is 7.24. The fourth-order valence-electron chi connectivity index (χ4n) is 1.18. The molecule has 1 radical (unpaired) electrons. The van der Waals surface area contributed by atoms with Gasteiger partial charge in [0.2, 0.25) is 5.91 Å². The molecule has 0 saturated heterocycles. The fraction of sp³-hybridized carbons (Fsp3) is 0.889. The van der Waals surface area contributed by atoms with Crippen LogP contribution in [0.4, 0.5) is 0 Å². The Morgan fingerprint density at radius 1 is 1.20 bits per heavy atom. The van der Waals surface area contributed by atoms with Gasteiger partial charge in [0.25, 0.3) is 0 Å². The van der Waals surface area contributed by atoms with Crippen LogP contribution < -0.4 is 16.0 Å². The Bertz CT molecular complexity index is 162. The summed E-state index contributed by atoms with van der Waals surface area (Å²) in [7, 11) is 5.77. The van der Waals surface area contributed by atoms with Gasteiger partial charge in [-0.2, -0.15) is 0 Å². The minimum atomic E-state index is 0.102. The fourth-order valence-corrected chi connectivity index (χ4v) is 1.18. The van der Waals surface area contributed by atoms with Gasteiger partial charge in [-0.1, -0.05) is 13.1 Å². The summed E-state index contributed by atoms with van der Waals surface area (Å²) in [6.45, 7) is 4.04. The molecule has 15 heavy (non-hydrogen) atoms. The maximum Gasteiger partial charge on any atom is 0.220 e. The van der Waals surface area contributed by atoms with Crippen molar-refractivity contribution in [1.82, 2.24) is 20.9 Å². The largest absolute Gasteiger partial charge is 0.343 e. The second kappa shape index (κ2) is 9.95. The monoisotopic (exact) mass is 213 g/mol. The summed E-state index contributed by atoms with van der Waals surface area (Å²) in [6, 6.07) is 0. The molecule has 5 nitrogen and oxygen atoms in total. The molecule has 0 heterocycles. The zero-order chi connectivity index (χ0) is 11.5. The van der Waals surface area contributed by atoms with E-state index < -0.39 is 0 Å². The first kappa shape index (κ1) is 14.4. The molecule has 0 aromatic heterocycles. The van der Waals surface area contributed by atoms with E-state index in [1.807, 2.05) is 28.2 Å². The van der Waals surface area contributed by atoms with E-state index in [0.717, 1.165) is 19.7 Å². The van der Waals surface area contributed by atoms with Gasteiger partial charge < -0.3 is 16.0 Å². The van der Waals surface area contributed by atoms with Crippen molar-refractivity contribution >= 4 is 13.2 Å². The van der Waals surface area contributed by atoms with Gasteiger partial charge in [-0.25, -0.2) is 0 Å². The van der Waals surface area contributed by atoms with Crippen molar-refractivity contribution in [3.63, 3.8) is 0 Å². The van der Waals surface area contributed by atoms with E-state index in [-0.39, 0.29) is 5.91 Å². The maximum atomic E-state index is 11.3. The molecule has 87 valence electrons. The highest BCUT2D eigenvalue weighted by Gasteiger charge is 2.04. The van der Waals surface area contributed by atoms with Crippen LogP contribution in [0.5, 0.6) is 0 Å². The predicted molar refractivity (Wildman–Crippen MR) is 63.7 cm³/mol. The maximum absolute atomic E-state index is 11.3. The molecule has 6 heteroatoms. The molecule has 0 bridgehead atoms. The topological polar surface area (TPSA) is 56.4 Å². The highest BCUT2D eigenvalue weighted by Crippen LogP contribution is 1.88. The number of nitrogens with one attached hydrogen (secondary N) is 3. The molecule has 0 atom stereocenters. The lowest BCUT2D eigenvalue weighted by Gasteiger charge is -2.21. The standard InChI is InChI=1S/C9H22BN4O/c1-10-5-4-9(15)13-8-14(6-11-2)7-12-3/h11-12H,4-8H2,1-3H3,(H,13,15). The number of hydrogen-bond acceptors (Lipinski definition) is 4. The Balaban J connectivity index is 3.62. The van der Waals surface area contributed by atoms with Gasteiger partial charge in [0.1, 0.15) is 7.28 Å². The second-order valence-corrected chi connectivity index (χ2v) is 3.40. The summed E-state index contributed by atoms with van der Waals surface area (Å²) in [5, 5.41) is 8.97. The van der Waals surface area contributed by atoms with E-state index in [1.165, 1.54) is 0 Å². The molecule has 0 aliphatic rings. The normalized spacial score (nSPS) is 10.4. The molecule has 1 amide bonds. The van der Waals surface area contributed by atoms with Crippen LogP contribution in [0.2, 0.25) is 13.1 Å². The zero-order valence-corrected chi connectivity index (χ0v) is 9.97. The van der Waals surface area contributed by atoms with Crippen molar-refractivity contribution < 1.29 is 4.79 Å². The molecule has 0 unspecified atom stereocenters. The third-order valence-electron chi connectivity index (χ3n) is 1.92. The van der Waals surface area contributed by atoms with E-state index in [0.29, 0.717) is 13.1 Å². The third kappa shape index (κ3) is 8.41. The van der Waals surface area contributed by atoms with Gasteiger partial charge in [-0.15, -0.1) is 0 Å². The average Bonchev–Trinajstić information content (AvgIpc) is 2.23. The third-order valence-corrected chi connectivity index (χ3v) is 1.92. The van der Waals surface area contributed by atoms with Gasteiger partial charge in [0, 0.05) is 6.42 Å². The van der Waals surface area contributed by atoms with Crippen LogP contribution in [-0.2, 0) is 4.79 Å². The van der Waals surface area contributed by atoms with Crippen molar-refractivity contribution in [2.75, 3.05) is 34.1 Å². The lowest BCUT2D eigenvalue weighted by atomic mass is 9.77. The SMILES string of the molecule is C[B]CCC(=O)NCN(CNC)CNC. The van der Waals surface area contributed by atoms with Crippen LogP contribution in [0.3, 0.4) is 0 Å². The van der Waals surface area contributed by atoms with E-state index in [2.05, 4.69) is 20.9 Å². The number of carbonyl (C=O) groups is 1. The molecule has 0 spiro atoms. The lowest BCUT2D eigenvalue weighted by Crippen LogP contribution is -2.45. The molecule has 0 aromatic carbocycles. The predicted octanol–water partition coefficient (Wildman–Crippen LogP) is -0.723. The van der Waals surface area contributed by atoms with E-state index in [1.54, 1.807) is 0 Å². The van der Waals surface area contributed by atoms with E-state index in [9.17, 15) is 4.79 Å². The average molecular weight is 213 g/mol. The van der Waals surface area contributed by atoms with E-state index in [4.69, 9.17) is 0 Å². The van der Waals surface area contributed by atoms with Crippen LogP contribution in [0, 0.1) is 0 Å². The Hall–Kier alpha value is -0.585. The highest BCUT2D eigenvalue weighted by atomic mass is 16.1. The summed E-state index contributed by atoms with van der Waals surface area (Å²) in [5.74, 6) is 0.102. The molecular weight excluding hydrogens is 191 g/mol. The minimum absolute atomic E-state index is 0.102. The zero-order valence-electron chi connectivity index (χ0n) is 9.97. The van der Waals surface area contributed by atoms with Gasteiger partial charge in [-0.05, 0) is 14.1 Å². The lowest BCUT2D eigenvalue weighted by molar-refractivity contribution is -0.121. The molecule has 0 rings (SSSR count). The number of hydrogen-bond donors (Lipinski definition) is 3. The Labute approximate surface area is 93.2 Å². The Morgan fingerprint density at radius 3 is 2.27 bits per heavy atom. The Morgan fingerprint density at radius 2 is 1.80 bits per heavy atom. The number of nitrogens with zero attached hydrogens (tertiary/aromatic N) is 1. The molecule has 0 saturated carbocycles. The summed E-state index contributed by atoms with van der Waals surface area (Å²) >= 11 is 0. The molecule has 0 aliphatic heterocycles. The first-order valence-corrected chi connectivity index (χ1v) is 5.30. The van der Waals surface area contributed by atoms with Gasteiger partial charge in [0.15, 0.2) is 0 Å². The summed E-state index contributed by atoms with van der Waals surface area (Å²) in [6.07, 6.45) is 1.41. The van der Waals surface area contributed by atoms with Crippen molar-refractivity contribution in [3.05, 3.63) is 0 Å². The molecule has 0 aliphatic carbocycles. The van der Waals surface area contributed by atoms with Gasteiger partial charge in [0.05, 0.1) is 20.0 Å². The van der Waals surface area contributed by atoms with Crippen molar-refractivity contribution in [2.24, 2.45) is 0 Å². The summed E-state index contributed by atoms with van der Waals surface area (Å²) in [4.78, 5) is 13.4. The molecule has 0 fully saturated rings. The number of rotatable bonds is 9. The number of carbonyl (C=O) groups excluding carboxylic acids is 1. The van der Waals surface area contributed by atoms with Crippen LogP contribution >= 0.6 is 0 Å². The van der Waals surface area contributed by atoms with Gasteiger partial charge in [-0.3, -0.25) is 9.69 Å². The highest BCUT2D eigenvalue weighted by molar-refractivity contribution is 6.33. The van der Waals surface area contributed by atoms with Crippen molar-refractivity contribution in [1.29, 1.82) is 0 Å². The molecular formula is C9H22BN4O. The summed E-state index contributed by atoms with van der Waals surface area (Å²) in [5.41, 5.74) is 0. The smallest absolute Gasteiger partial charge is 0.220 e. The van der Waals surface area contributed by atoms with Crippen molar-refractivity contribution in [2.45, 2.75) is 19.6 Å². The molecule has 0 aromatic rings. The first-order valence-electron chi connectivity index (χ1n) is 5.30. The number of amides is 1. The quantitative estimate of drug-likeness (QED) is 0.349. The van der Waals surface area contributed by atoms with Crippen molar-refractivity contribution in [3.8, 4) is 0 Å². The van der Waals surface area contributed by atoms with Crippen LogP contribution in [0.25, 0.3) is 0 Å².